The number of amides is 3. The Morgan fingerprint density at radius 1 is 1.07 bits per heavy atom. The molecular formula is C20H23N5O2. The SMILES string of the molecule is CCC(C)CNC(=O)c1ccc(NC(=O)Nc2ccc3nccn3c2)cc1. The van der Waals surface area contributed by atoms with E-state index in [-0.39, 0.29) is 11.9 Å². The summed E-state index contributed by atoms with van der Waals surface area (Å²) in [7, 11) is 0. The van der Waals surface area contributed by atoms with E-state index in [0.717, 1.165) is 12.1 Å². The molecule has 3 amide bonds. The van der Waals surface area contributed by atoms with Crippen LogP contribution >= 0.6 is 0 Å². The van der Waals surface area contributed by atoms with Crippen molar-refractivity contribution in [3.05, 3.63) is 60.6 Å². The molecule has 140 valence electrons. The van der Waals surface area contributed by atoms with Gasteiger partial charge in [-0.05, 0) is 42.3 Å². The van der Waals surface area contributed by atoms with Gasteiger partial charge < -0.3 is 20.4 Å². The number of fused-ring (bicyclic) bond motifs is 1. The molecule has 1 atom stereocenters. The third kappa shape index (κ3) is 4.84. The molecule has 3 N–H and O–H groups in total. The van der Waals surface area contributed by atoms with Gasteiger partial charge in [0.2, 0.25) is 0 Å². The molecule has 0 aliphatic heterocycles. The molecular weight excluding hydrogens is 342 g/mol. The summed E-state index contributed by atoms with van der Waals surface area (Å²) in [5.41, 5.74) is 2.63. The first-order valence-electron chi connectivity index (χ1n) is 8.94. The van der Waals surface area contributed by atoms with Crippen molar-refractivity contribution >= 4 is 29.0 Å². The molecule has 7 heteroatoms. The molecule has 27 heavy (non-hydrogen) atoms. The standard InChI is InChI=1S/C20H23N5O2/c1-3-14(2)12-22-19(26)15-4-6-16(7-5-15)23-20(27)24-17-8-9-18-21-10-11-25(18)13-17/h4-11,13-14H,3,12H2,1-2H3,(H,22,26)(H2,23,24,27). The summed E-state index contributed by atoms with van der Waals surface area (Å²) in [5.74, 6) is 0.333. The molecule has 3 rings (SSSR count). The number of nitrogens with zero attached hydrogens (tertiary/aromatic N) is 2. The van der Waals surface area contributed by atoms with Crippen LogP contribution < -0.4 is 16.0 Å². The lowest BCUT2D eigenvalue weighted by molar-refractivity contribution is 0.0948. The maximum atomic E-state index is 12.2. The van der Waals surface area contributed by atoms with Gasteiger partial charge in [0.1, 0.15) is 5.65 Å². The average Bonchev–Trinajstić information content (AvgIpc) is 3.14. The molecule has 0 saturated heterocycles. The summed E-state index contributed by atoms with van der Waals surface area (Å²) < 4.78 is 1.82. The fraction of sp³-hybridized carbons (Fsp3) is 0.250. The topological polar surface area (TPSA) is 87.5 Å². The number of benzene rings is 1. The lowest BCUT2D eigenvalue weighted by Crippen LogP contribution is -2.28. The molecule has 0 saturated carbocycles. The van der Waals surface area contributed by atoms with Crippen molar-refractivity contribution in [2.45, 2.75) is 20.3 Å². The van der Waals surface area contributed by atoms with Crippen LogP contribution in [0.3, 0.4) is 0 Å². The van der Waals surface area contributed by atoms with Crippen molar-refractivity contribution in [3.63, 3.8) is 0 Å². The maximum Gasteiger partial charge on any atom is 0.323 e. The Morgan fingerprint density at radius 3 is 2.52 bits per heavy atom. The summed E-state index contributed by atoms with van der Waals surface area (Å²) in [6, 6.07) is 10.0. The van der Waals surface area contributed by atoms with Crippen molar-refractivity contribution < 1.29 is 9.59 Å². The van der Waals surface area contributed by atoms with Crippen molar-refractivity contribution in [3.8, 4) is 0 Å². The number of rotatable bonds is 6. The van der Waals surface area contributed by atoms with Gasteiger partial charge in [-0.25, -0.2) is 9.78 Å². The van der Waals surface area contributed by atoms with E-state index >= 15 is 0 Å². The van der Waals surface area contributed by atoms with Crippen molar-refractivity contribution in [1.29, 1.82) is 0 Å². The summed E-state index contributed by atoms with van der Waals surface area (Å²) in [5, 5.41) is 8.43. The molecule has 0 fully saturated rings. The van der Waals surface area contributed by atoms with E-state index in [1.54, 1.807) is 42.7 Å². The van der Waals surface area contributed by atoms with Crippen LogP contribution in [0.5, 0.6) is 0 Å². The number of imidazole rings is 1. The minimum atomic E-state index is -0.358. The van der Waals surface area contributed by atoms with Crippen LogP contribution in [0, 0.1) is 5.92 Å². The monoisotopic (exact) mass is 365 g/mol. The molecule has 1 aromatic carbocycles. The number of anilines is 2. The third-order valence-corrected chi connectivity index (χ3v) is 4.36. The Labute approximate surface area is 157 Å². The number of pyridine rings is 1. The lowest BCUT2D eigenvalue weighted by Gasteiger charge is -2.11. The van der Waals surface area contributed by atoms with E-state index in [0.29, 0.717) is 29.4 Å². The number of urea groups is 1. The Morgan fingerprint density at radius 2 is 1.78 bits per heavy atom. The quantitative estimate of drug-likeness (QED) is 0.622. The van der Waals surface area contributed by atoms with Crippen LogP contribution in [-0.4, -0.2) is 27.9 Å². The van der Waals surface area contributed by atoms with Crippen LogP contribution in [0.15, 0.2) is 55.0 Å². The minimum Gasteiger partial charge on any atom is -0.352 e. The smallest absolute Gasteiger partial charge is 0.323 e. The average molecular weight is 365 g/mol. The van der Waals surface area contributed by atoms with Gasteiger partial charge in [-0.15, -0.1) is 0 Å². The second-order valence-electron chi connectivity index (χ2n) is 6.49. The molecule has 0 radical (unpaired) electrons. The predicted molar refractivity (Wildman–Crippen MR) is 106 cm³/mol. The highest BCUT2D eigenvalue weighted by atomic mass is 16.2. The van der Waals surface area contributed by atoms with Crippen molar-refractivity contribution in [1.82, 2.24) is 14.7 Å². The highest BCUT2D eigenvalue weighted by molar-refractivity contribution is 6.00. The second-order valence-corrected chi connectivity index (χ2v) is 6.49. The van der Waals surface area contributed by atoms with E-state index in [4.69, 9.17) is 0 Å². The Bertz CT molecular complexity index is 933. The molecule has 2 heterocycles. The van der Waals surface area contributed by atoms with E-state index < -0.39 is 0 Å². The van der Waals surface area contributed by atoms with Gasteiger partial charge >= 0.3 is 6.03 Å². The van der Waals surface area contributed by atoms with Gasteiger partial charge in [-0.1, -0.05) is 20.3 Å². The lowest BCUT2D eigenvalue weighted by atomic mass is 10.1. The summed E-state index contributed by atoms with van der Waals surface area (Å²) in [6.45, 7) is 4.84. The van der Waals surface area contributed by atoms with Crippen LogP contribution in [0.25, 0.3) is 5.65 Å². The van der Waals surface area contributed by atoms with Crippen LogP contribution in [0.2, 0.25) is 0 Å². The normalized spacial score (nSPS) is 11.8. The van der Waals surface area contributed by atoms with Crippen LogP contribution in [0.4, 0.5) is 16.2 Å². The van der Waals surface area contributed by atoms with E-state index in [1.165, 1.54) is 0 Å². The minimum absolute atomic E-state index is 0.111. The molecule has 2 aromatic heterocycles. The van der Waals surface area contributed by atoms with E-state index in [1.807, 2.05) is 16.7 Å². The van der Waals surface area contributed by atoms with E-state index in [9.17, 15) is 9.59 Å². The van der Waals surface area contributed by atoms with Gasteiger partial charge in [0.15, 0.2) is 0 Å². The third-order valence-electron chi connectivity index (χ3n) is 4.36. The number of nitrogens with one attached hydrogen (secondary N) is 3. The Balaban J connectivity index is 1.55. The second kappa shape index (κ2) is 8.35. The number of hydrogen-bond donors (Lipinski definition) is 3. The zero-order valence-electron chi connectivity index (χ0n) is 15.4. The number of hydrogen-bond acceptors (Lipinski definition) is 3. The molecule has 7 nitrogen and oxygen atoms in total. The van der Waals surface area contributed by atoms with Gasteiger partial charge in [0.05, 0.1) is 5.69 Å². The Kier molecular flexibility index (Phi) is 5.71. The van der Waals surface area contributed by atoms with Gasteiger partial charge in [-0.3, -0.25) is 4.79 Å². The summed E-state index contributed by atoms with van der Waals surface area (Å²) >= 11 is 0. The fourth-order valence-electron chi connectivity index (χ4n) is 2.51. The predicted octanol–water partition coefficient (Wildman–Crippen LogP) is 3.75. The highest BCUT2D eigenvalue weighted by Gasteiger charge is 2.08. The first-order chi connectivity index (χ1) is 13.0. The van der Waals surface area contributed by atoms with Gasteiger partial charge in [0.25, 0.3) is 5.91 Å². The molecule has 0 aliphatic carbocycles. The first-order valence-corrected chi connectivity index (χ1v) is 8.94. The maximum absolute atomic E-state index is 12.2. The van der Waals surface area contributed by atoms with Crippen molar-refractivity contribution in [2.24, 2.45) is 5.92 Å². The first kappa shape index (κ1) is 18.4. The molecule has 3 aromatic rings. The summed E-state index contributed by atoms with van der Waals surface area (Å²) in [4.78, 5) is 28.4. The highest BCUT2D eigenvalue weighted by Crippen LogP contribution is 2.13. The number of aromatic nitrogens is 2. The zero-order chi connectivity index (χ0) is 19.2. The fourth-order valence-corrected chi connectivity index (χ4v) is 2.51. The molecule has 0 bridgehead atoms. The molecule has 0 spiro atoms. The van der Waals surface area contributed by atoms with Gasteiger partial charge in [0, 0.05) is 36.4 Å². The number of carbonyl (C=O) groups excluding carboxylic acids is 2. The largest absolute Gasteiger partial charge is 0.352 e. The van der Waals surface area contributed by atoms with Crippen LogP contribution in [0.1, 0.15) is 30.6 Å². The van der Waals surface area contributed by atoms with E-state index in [2.05, 4.69) is 34.8 Å². The molecule has 1 unspecified atom stereocenters. The zero-order valence-corrected chi connectivity index (χ0v) is 15.4. The number of carbonyl (C=O) groups is 2. The Hall–Kier alpha value is -3.35. The molecule has 0 aliphatic rings. The summed E-state index contributed by atoms with van der Waals surface area (Å²) in [6.07, 6.45) is 6.31. The van der Waals surface area contributed by atoms with Crippen LogP contribution in [-0.2, 0) is 0 Å². The van der Waals surface area contributed by atoms with Gasteiger partial charge in [-0.2, -0.15) is 0 Å². The van der Waals surface area contributed by atoms with Crippen molar-refractivity contribution in [2.75, 3.05) is 17.2 Å².